The van der Waals surface area contributed by atoms with E-state index in [0.717, 1.165) is 24.2 Å². The molecule has 1 aliphatic heterocycles. The SMILES string of the molecule is COc1ccc(C(CO)N(C)Cc2ccc(S(=O)(=O)N3CCCC3)o2)cc1. The van der Waals surface area contributed by atoms with Crippen LogP contribution in [-0.4, -0.2) is 56.6 Å². The summed E-state index contributed by atoms with van der Waals surface area (Å²) < 4.78 is 37.4. The largest absolute Gasteiger partial charge is 0.497 e. The molecule has 148 valence electrons. The van der Waals surface area contributed by atoms with E-state index in [1.165, 1.54) is 10.4 Å². The van der Waals surface area contributed by atoms with Crippen LogP contribution < -0.4 is 4.74 Å². The molecular formula is C19H26N2O5S. The first-order valence-corrected chi connectivity index (χ1v) is 10.4. The Bertz CT molecular complexity index is 841. The highest BCUT2D eigenvalue weighted by Gasteiger charge is 2.30. The normalized spacial score (nSPS) is 16.7. The van der Waals surface area contributed by atoms with E-state index in [4.69, 9.17) is 9.15 Å². The Kier molecular flexibility index (Phi) is 6.21. The summed E-state index contributed by atoms with van der Waals surface area (Å²) in [7, 11) is -0.0846. The highest BCUT2D eigenvalue weighted by molar-refractivity contribution is 7.89. The number of likely N-dealkylation sites (N-methyl/N-ethyl adjacent to an activating group) is 1. The fourth-order valence-electron chi connectivity index (χ4n) is 3.32. The summed E-state index contributed by atoms with van der Waals surface area (Å²) in [5.41, 5.74) is 0.942. The van der Waals surface area contributed by atoms with Gasteiger partial charge in [0.1, 0.15) is 11.5 Å². The molecule has 1 N–H and O–H groups in total. The number of ether oxygens (including phenoxy) is 1. The summed E-state index contributed by atoms with van der Waals surface area (Å²) >= 11 is 0. The van der Waals surface area contributed by atoms with Crippen LogP contribution in [0.4, 0.5) is 0 Å². The Morgan fingerprint density at radius 2 is 1.85 bits per heavy atom. The number of methoxy groups -OCH3 is 1. The molecule has 1 aromatic heterocycles. The van der Waals surface area contributed by atoms with Crippen molar-refractivity contribution in [3.8, 4) is 5.75 Å². The minimum absolute atomic E-state index is 0.0159. The van der Waals surface area contributed by atoms with Crippen molar-refractivity contribution in [2.75, 3.05) is 33.9 Å². The van der Waals surface area contributed by atoms with E-state index in [-0.39, 0.29) is 17.7 Å². The molecule has 7 nitrogen and oxygen atoms in total. The van der Waals surface area contributed by atoms with Crippen molar-refractivity contribution < 1.29 is 22.7 Å². The second-order valence-electron chi connectivity index (χ2n) is 6.72. The van der Waals surface area contributed by atoms with Gasteiger partial charge in [0, 0.05) is 13.1 Å². The van der Waals surface area contributed by atoms with Gasteiger partial charge in [-0.3, -0.25) is 4.90 Å². The molecule has 3 rings (SSSR count). The smallest absolute Gasteiger partial charge is 0.276 e. The second kappa shape index (κ2) is 8.43. The lowest BCUT2D eigenvalue weighted by atomic mass is 10.1. The molecule has 0 saturated carbocycles. The first-order valence-electron chi connectivity index (χ1n) is 8.99. The topological polar surface area (TPSA) is 83.2 Å². The lowest BCUT2D eigenvalue weighted by Crippen LogP contribution is -2.28. The predicted octanol–water partition coefficient (Wildman–Crippen LogP) is 2.24. The van der Waals surface area contributed by atoms with E-state index in [1.54, 1.807) is 13.2 Å². The molecule has 0 bridgehead atoms. The van der Waals surface area contributed by atoms with Crippen LogP contribution in [0.1, 0.15) is 30.2 Å². The van der Waals surface area contributed by atoms with Crippen LogP contribution in [0.25, 0.3) is 0 Å². The average Bonchev–Trinajstić information content (AvgIpc) is 3.35. The minimum atomic E-state index is -3.55. The number of sulfonamides is 1. The van der Waals surface area contributed by atoms with Gasteiger partial charge in [-0.15, -0.1) is 0 Å². The number of benzene rings is 1. The summed E-state index contributed by atoms with van der Waals surface area (Å²) in [5.74, 6) is 1.29. The second-order valence-corrected chi connectivity index (χ2v) is 8.59. The highest BCUT2D eigenvalue weighted by atomic mass is 32.2. The Hall–Kier alpha value is -1.87. The predicted molar refractivity (Wildman–Crippen MR) is 101 cm³/mol. The first kappa shape index (κ1) is 19.9. The van der Waals surface area contributed by atoms with Crippen molar-refractivity contribution in [1.82, 2.24) is 9.21 Å². The summed E-state index contributed by atoms with van der Waals surface area (Å²) in [6.45, 7) is 1.40. The number of hydrogen-bond donors (Lipinski definition) is 1. The van der Waals surface area contributed by atoms with Crippen LogP contribution in [0.2, 0.25) is 0 Å². The Labute approximate surface area is 160 Å². The van der Waals surface area contributed by atoms with E-state index in [2.05, 4.69) is 0 Å². The average molecular weight is 394 g/mol. The van der Waals surface area contributed by atoms with E-state index < -0.39 is 10.0 Å². The maximum atomic E-state index is 12.6. The van der Waals surface area contributed by atoms with Gasteiger partial charge in [0.25, 0.3) is 10.0 Å². The van der Waals surface area contributed by atoms with Crippen molar-refractivity contribution in [2.24, 2.45) is 0 Å². The van der Waals surface area contributed by atoms with Crippen molar-refractivity contribution >= 4 is 10.0 Å². The molecule has 1 aromatic carbocycles. The molecule has 0 amide bonds. The van der Waals surface area contributed by atoms with Crippen LogP contribution in [0, 0.1) is 0 Å². The van der Waals surface area contributed by atoms with Crippen LogP contribution in [0.3, 0.4) is 0 Å². The van der Waals surface area contributed by atoms with Gasteiger partial charge in [-0.1, -0.05) is 12.1 Å². The van der Waals surface area contributed by atoms with Crippen molar-refractivity contribution in [1.29, 1.82) is 0 Å². The number of furan rings is 1. The fraction of sp³-hybridized carbons (Fsp3) is 0.474. The highest BCUT2D eigenvalue weighted by Crippen LogP contribution is 2.26. The van der Waals surface area contributed by atoms with E-state index in [9.17, 15) is 13.5 Å². The van der Waals surface area contributed by atoms with Gasteiger partial charge in [0.2, 0.25) is 5.09 Å². The third kappa shape index (κ3) is 4.35. The Balaban J connectivity index is 1.71. The molecule has 8 heteroatoms. The van der Waals surface area contributed by atoms with Gasteiger partial charge in [-0.2, -0.15) is 4.31 Å². The number of aliphatic hydroxyl groups excluding tert-OH is 1. The van der Waals surface area contributed by atoms with Crippen LogP contribution >= 0.6 is 0 Å². The number of hydrogen-bond acceptors (Lipinski definition) is 6. The lowest BCUT2D eigenvalue weighted by molar-refractivity contribution is 0.133. The first-order chi connectivity index (χ1) is 13.0. The van der Waals surface area contributed by atoms with E-state index in [1.807, 2.05) is 36.2 Å². The molecule has 0 spiro atoms. The molecule has 1 aliphatic rings. The summed E-state index contributed by atoms with van der Waals surface area (Å²) in [4.78, 5) is 1.92. The Morgan fingerprint density at radius 3 is 2.44 bits per heavy atom. The zero-order chi connectivity index (χ0) is 19.4. The minimum Gasteiger partial charge on any atom is -0.497 e. The van der Waals surface area contributed by atoms with Gasteiger partial charge < -0.3 is 14.3 Å². The van der Waals surface area contributed by atoms with Crippen molar-refractivity contribution in [3.05, 3.63) is 47.7 Å². The molecule has 2 heterocycles. The molecule has 1 saturated heterocycles. The van der Waals surface area contributed by atoms with Gasteiger partial charge in [0.05, 0.1) is 26.3 Å². The van der Waals surface area contributed by atoms with Crippen molar-refractivity contribution in [3.63, 3.8) is 0 Å². The quantitative estimate of drug-likeness (QED) is 0.739. The van der Waals surface area contributed by atoms with Crippen LogP contribution in [0.5, 0.6) is 5.75 Å². The molecule has 1 unspecified atom stereocenters. The zero-order valence-corrected chi connectivity index (χ0v) is 16.5. The summed E-state index contributed by atoms with van der Waals surface area (Å²) in [6.07, 6.45) is 1.77. The molecule has 2 aromatic rings. The molecule has 1 fully saturated rings. The molecule has 1 atom stereocenters. The van der Waals surface area contributed by atoms with Crippen LogP contribution in [0.15, 0.2) is 45.9 Å². The molecular weight excluding hydrogens is 368 g/mol. The standard InChI is InChI=1S/C19H26N2O5S/c1-20(18(14-22)15-5-7-16(25-2)8-6-15)13-17-9-10-19(26-17)27(23,24)21-11-3-4-12-21/h5-10,18,22H,3-4,11-14H2,1-2H3. The summed E-state index contributed by atoms with van der Waals surface area (Å²) in [5, 5.41) is 9.81. The summed E-state index contributed by atoms with van der Waals surface area (Å²) in [6, 6.07) is 10.5. The third-order valence-electron chi connectivity index (χ3n) is 4.91. The van der Waals surface area contributed by atoms with Gasteiger partial charge in [-0.25, -0.2) is 8.42 Å². The van der Waals surface area contributed by atoms with Crippen LogP contribution in [-0.2, 0) is 16.6 Å². The molecule has 0 radical (unpaired) electrons. The van der Waals surface area contributed by atoms with Gasteiger partial charge in [-0.05, 0) is 49.7 Å². The van der Waals surface area contributed by atoms with E-state index in [0.29, 0.717) is 25.4 Å². The number of rotatable bonds is 8. The monoisotopic (exact) mass is 394 g/mol. The molecule has 27 heavy (non-hydrogen) atoms. The maximum absolute atomic E-state index is 12.6. The number of aliphatic hydroxyl groups is 1. The zero-order valence-electron chi connectivity index (χ0n) is 15.7. The van der Waals surface area contributed by atoms with Gasteiger partial charge in [0.15, 0.2) is 0 Å². The van der Waals surface area contributed by atoms with Crippen molar-refractivity contribution in [2.45, 2.75) is 30.5 Å². The molecule has 0 aliphatic carbocycles. The lowest BCUT2D eigenvalue weighted by Gasteiger charge is -2.26. The maximum Gasteiger partial charge on any atom is 0.276 e. The van der Waals surface area contributed by atoms with Gasteiger partial charge >= 0.3 is 0 Å². The number of nitrogens with zero attached hydrogens (tertiary/aromatic N) is 2. The Morgan fingerprint density at radius 1 is 1.19 bits per heavy atom. The van der Waals surface area contributed by atoms with E-state index >= 15 is 0 Å². The third-order valence-corrected chi connectivity index (χ3v) is 6.68. The fourth-order valence-corrected chi connectivity index (χ4v) is 4.76.